The largest absolute Gasteiger partial charge is 0.326 e. The lowest BCUT2D eigenvalue weighted by atomic mass is 10.1. The van der Waals surface area contributed by atoms with E-state index in [1.54, 1.807) is 30.5 Å². The molecule has 0 saturated heterocycles. The fraction of sp³-hybridized carbons (Fsp3) is 0.211. The molecule has 1 saturated carbocycles. The van der Waals surface area contributed by atoms with Crippen LogP contribution >= 0.6 is 0 Å². The highest BCUT2D eigenvalue weighted by Gasteiger charge is 2.39. The maximum Gasteiger partial charge on any atom is 0.255 e. The van der Waals surface area contributed by atoms with Gasteiger partial charge in [0.2, 0.25) is 5.91 Å². The summed E-state index contributed by atoms with van der Waals surface area (Å²) in [5, 5.41) is 13.6. The summed E-state index contributed by atoms with van der Waals surface area (Å²) in [6.45, 7) is 2.07. The van der Waals surface area contributed by atoms with Gasteiger partial charge in [-0.25, -0.2) is 0 Å². The lowest BCUT2D eigenvalue weighted by Crippen LogP contribution is -2.15. The highest BCUT2D eigenvalue weighted by atomic mass is 16.2. The van der Waals surface area contributed by atoms with Crippen molar-refractivity contribution in [2.75, 3.05) is 10.6 Å². The zero-order chi connectivity index (χ0) is 17.4. The minimum absolute atomic E-state index is 0.0515. The molecular formula is C19H18N4O2. The van der Waals surface area contributed by atoms with Crippen molar-refractivity contribution in [3.8, 4) is 0 Å². The van der Waals surface area contributed by atoms with Gasteiger partial charge in [-0.3, -0.25) is 14.7 Å². The number of nitrogens with zero attached hydrogens (tertiary/aromatic N) is 1. The van der Waals surface area contributed by atoms with Crippen molar-refractivity contribution >= 4 is 34.1 Å². The average Bonchev–Trinajstić information content (AvgIpc) is 3.15. The Kier molecular flexibility index (Phi) is 3.72. The Morgan fingerprint density at radius 3 is 2.60 bits per heavy atom. The summed E-state index contributed by atoms with van der Waals surface area (Å²) in [6, 6.07) is 12.5. The Hall–Kier alpha value is -3.15. The molecule has 1 heterocycles. The lowest BCUT2D eigenvalue weighted by molar-refractivity contribution is -0.117. The fourth-order valence-electron chi connectivity index (χ4n) is 2.89. The topological polar surface area (TPSA) is 86.9 Å². The smallest absolute Gasteiger partial charge is 0.255 e. The molecule has 0 spiro atoms. The summed E-state index contributed by atoms with van der Waals surface area (Å²) in [7, 11) is 0. The van der Waals surface area contributed by atoms with E-state index in [-0.39, 0.29) is 17.7 Å². The third kappa shape index (κ3) is 3.10. The van der Waals surface area contributed by atoms with E-state index < -0.39 is 0 Å². The second kappa shape index (κ2) is 6.05. The van der Waals surface area contributed by atoms with Crippen molar-refractivity contribution in [3.05, 3.63) is 54.2 Å². The average molecular weight is 334 g/mol. The van der Waals surface area contributed by atoms with E-state index in [0.29, 0.717) is 22.9 Å². The third-order valence-electron chi connectivity index (χ3n) is 4.59. The minimum atomic E-state index is -0.212. The predicted molar refractivity (Wildman–Crippen MR) is 96.4 cm³/mol. The van der Waals surface area contributed by atoms with Gasteiger partial charge in [-0.15, -0.1) is 0 Å². The van der Waals surface area contributed by atoms with Crippen LogP contribution in [0.15, 0.2) is 48.7 Å². The molecule has 126 valence electrons. The van der Waals surface area contributed by atoms with Crippen LogP contribution in [0.4, 0.5) is 11.4 Å². The molecule has 2 atom stereocenters. The van der Waals surface area contributed by atoms with Gasteiger partial charge in [-0.05, 0) is 42.7 Å². The van der Waals surface area contributed by atoms with Crippen LogP contribution < -0.4 is 10.6 Å². The first kappa shape index (κ1) is 15.4. The zero-order valence-electron chi connectivity index (χ0n) is 13.7. The first-order chi connectivity index (χ1) is 12.1. The highest BCUT2D eigenvalue weighted by molar-refractivity contribution is 6.08. The molecule has 6 heteroatoms. The Bertz CT molecular complexity index is 945. The number of carbonyl (C=O) groups excluding carboxylic acids is 2. The molecular weight excluding hydrogens is 316 g/mol. The van der Waals surface area contributed by atoms with Gasteiger partial charge in [0.1, 0.15) is 0 Å². The van der Waals surface area contributed by atoms with E-state index >= 15 is 0 Å². The molecule has 6 nitrogen and oxygen atoms in total. The first-order valence-corrected chi connectivity index (χ1v) is 8.26. The summed E-state index contributed by atoms with van der Waals surface area (Å²) in [5.74, 6) is 0.430. The van der Waals surface area contributed by atoms with E-state index in [1.807, 2.05) is 18.2 Å². The number of amides is 2. The Morgan fingerprint density at radius 2 is 1.88 bits per heavy atom. The number of fused-ring (bicyclic) bond motifs is 1. The van der Waals surface area contributed by atoms with Crippen molar-refractivity contribution < 1.29 is 9.59 Å². The number of nitrogens with one attached hydrogen (secondary N) is 3. The van der Waals surface area contributed by atoms with Crippen molar-refractivity contribution in [1.29, 1.82) is 0 Å². The summed E-state index contributed by atoms with van der Waals surface area (Å²) in [4.78, 5) is 24.4. The second-order valence-corrected chi connectivity index (χ2v) is 6.48. The number of carbonyl (C=O) groups is 2. The van der Waals surface area contributed by atoms with Crippen LogP contribution in [0.25, 0.3) is 10.9 Å². The maximum atomic E-state index is 12.4. The number of benzene rings is 2. The SMILES string of the molecule is CC1CC1C(=O)Nc1ccc(C(=O)Nc2cccc3cn[nH]c23)cc1. The van der Waals surface area contributed by atoms with Gasteiger partial charge in [0.25, 0.3) is 5.91 Å². The third-order valence-corrected chi connectivity index (χ3v) is 4.59. The highest BCUT2D eigenvalue weighted by Crippen LogP contribution is 2.38. The van der Waals surface area contributed by atoms with Crippen molar-refractivity contribution in [2.24, 2.45) is 11.8 Å². The second-order valence-electron chi connectivity index (χ2n) is 6.48. The molecule has 4 rings (SSSR count). The van der Waals surface area contributed by atoms with Crippen molar-refractivity contribution in [2.45, 2.75) is 13.3 Å². The number of aromatic amines is 1. The number of aromatic nitrogens is 2. The number of hydrogen-bond donors (Lipinski definition) is 3. The van der Waals surface area contributed by atoms with E-state index in [2.05, 4.69) is 27.8 Å². The van der Waals surface area contributed by atoms with Crippen molar-refractivity contribution in [1.82, 2.24) is 10.2 Å². The summed E-state index contributed by atoms with van der Waals surface area (Å²) in [6.07, 6.45) is 2.66. The van der Waals surface area contributed by atoms with Gasteiger partial charge in [0.05, 0.1) is 17.4 Å². The molecule has 3 N–H and O–H groups in total. The predicted octanol–water partition coefficient (Wildman–Crippen LogP) is 3.41. The van der Waals surface area contributed by atoms with Gasteiger partial charge in [-0.1, -0.05) is 19.1 Å². The number of hydrogen-bond acceptors (Lipinski definition) is 3. The van der Waals surface area contributed by atoms with Crippen LogP contribution in [0.1, 0.15) is 23.7 Å². The van der Waals surface area contributed by atoms with E-state index in [4.69, 9.17) is 0 Å². The molecule has 25 heavy (non-hydrogen) atoms. The van der Waals surface area contributed by atoms with Crippen LogP contribution in [0.2, 0.25) is 0 Å². The van der Waals surface area contributed by atoms with Crippen molar-refractivity contribution in [3.63, 3.8) is 0 Å². The lowest BCUT2D eigenvalue weighted by Gasteiger charge is -2.08. The molecule has 1 aromatic heterocycles. The van der Waals surface area contributed by atoms with Gasteiger partial charge >= 0.3 is 0 Å². The molecule has 0 aliphatic heterocycles. The fourth-order valence-corrected chi connectivity index (χ4v) is 2.89. The summed E-state index contributed by atoms with van der Waals surface area (Å²) in [5.41, 5.74) is 2.70. The number of para-hydroxylation sites is 1. The maximum absolute atomic E-state index is 12.4. The van der Waals surface area contributed by atoms with Crippen LogP contribution in [0.3, 0.4) is 0 Å². The summed E-state index contributed by atoms with van der Waals surface area (Å²) < 4.78 is 0. The molecule has 1 aliphatic rings. The monoisotopic (exact) mass is 334 g/mol. The van der Waals surface area contributed by atoms with Crippen LogP contribution in [-0.2, 0) is 4.79 Å². The quantitative estimate of drug-likeness (QED) is 0.683. The molecule has 2 aromatic carbocycles. The summed E-state index contributed by atoms with van der Waals surface area (Å²) >= 11 is 0. The van der Waals surface area contributed by atoms with E-state index in [0.717, 1.165) is 17.3 Å². The number of anilines is 2. The molecule has 3 aromatic rings. The normalized spacial score (nSPS) is 18.8. The van der Waals surface area contributed by atoms with Gasteiger partial charge in [-0.2, -0.15) is 5.10 Å². The number of rotatable bonds is 4. The Morgan fingerprint density at radius 1 is 1.12 bits per heavy atom. The zero-order valence-corrected chi connectivity index (χ0v) is 13.7. The van der Waals surface area contributed by atoms with Crippen LogP contribution in [0.5, 0.6) is 0 Å². The number of H-pyrrole nitrogens is 1. The Balaban J connectivity index is 1.45. The van der Waals surface area contributed by atoms with E-state index in [9.17, 15) is 9.59 Å². The molecule has 1 fully saturated rings. The van der Waals surface area contributed by atoms with E-state index in [1.165, 1.54) is 0 Å². The molecule has 2 amide bonds. The van der Waals surface area contributed by atoms with Gasteiger partial charge < -0.3 is 10.6 Å². The van der Waals surface area contributed by atoms with Gasteiger partial charge in [0, 0.05) is 22.6 Å². The molecule has 0 bridgehead atoms. The van der Waals surface area contributed by atoms with Gasteiger partial charge in [0.15, 0.2) is 0 Å². The molecule has 2 unspecified atom stereocenters. The molecule has 0 radical (unpaired) electrons. The Labute approximate surface area is 144 Å². The van der Waals surface area contributed by atoms with Crippen LogP contribution in [0, 0.1) is 11.8 Å². The minimum Gasteiger partial charge on any atom is -0.326 e. The molecule has 1 aliphatic carbocycles. The standard InChI is InChI=1S/C19H18N4O2/c1-11-9-15(11)19(25)21-14-7-5-12(6-8-14)18(24)22-16-4-2-3-13-10-20-23-17(13)16/h2-8,10-11,15H,9H2,1H3,(H,20,23)(H,21,25)(H,22,24). The van der Waals surface area contributed by atoms with Crippen LogP contribution in [-0.4, -0.2) is 22.0 Å². The first-order valence-electron chi connectivity index (χ1n) is 8.26.